The van der Waals surface area contributed by atoms with Gasteiger partial charge in [0, 0.05) is 1.37 Å². The van der Waals surface area contributed by atoms with Crippen LogP contribution in [0.25, 0.3) is 0 Å². The average Bonchev–Trinajstić information content (AvgIpc) is 1.78. The summed E-state index contributed by atoms with van der Waals surface area (Å²) in [4.78, 5) is 0. The first kappa shape index (κ1) is 4.78. The summed E-state index contributed by atoms with van der Waals surface area (Å²) in [6.45, 7) is 3.39. The molecule has 0 amide bonds. The van der Waals surface area contributed by atoms with Crippen LogP contribution in [0.4, 0.5) is 4.39 Å². The molecule has 0 bridgehead atoms. The van der Waals surface area contributed by atoms with Crippen LogP contribution in [0.1, 0.15) is 34.5 Å². The van der Waals surface area contributed by atoms with Crippen LogP contribution in [0, 0.1) is 5.89 Å². The van der Waals surface area contributed by atoms with E-state index in [1.54, 1.807) is 13.8 Å². The van der Waals surface area contributed by atoms with Crippen molar-refractivity contribution in [3.63, 3.8) is 0 Å². The zero-order chi connectivity index (χ0) is 7.12. The lowest BCUT2D eigenvalue weighted by atomic mass is 10.1. The molecule has 0 aromatic carbocycles. The SMILES string of the molecule is [2H][C@@]1(C)CCC(C)(F)C1. The summed E-state index contributed by atoms with van der Waals surface area (Å²) in [6.07, 6.45) is 1.67. The molecule has 0 aromatic heterocycles. The van der Waals surface area contributed by atoms with Gasteiger partial charge in [0.1, 0.15) is 5.67 Å². The fourth-order valence-electron chi connectivity index (χ4n) is 1.28. The fourth-order valence-corrected chi connectivity index (χ4v) is 1.28. The van der Waals surface area contributed by atoms with Gasteiger partial charge in [0.15, 0.2) is 0 Å². The van der Waals surface area contributed by atoms with Crippen LogP contribution in [0.5, 0.6) is 0 Å². The van der Waals surface area contributed by atoms with Crippen molar-refractivity contribution in [2.24, 2.45) is 5.89 Å². The predicted molar refractivity (Wildman–Crippen MR) is 32.5 cm³/mol. The largest absolute Gasteiger partial charge is 0.244 e. The Balaban J connectivity index is 2.58. The first-order valence-corrected chi connectivity index (χ1v) is 3.10. The quantitative estimate of drug-likeness (QED) is 0.457. The summed E-state index contributed by atoms with van der Waals surface area (Å²) in [6, 6.07) is 0. The summed E-state index contributed by atoms with van der Waals surface area (Å²) in [7, 11) is 0. The Labute approximate surface area is 51.5 Å². The van der Waals surface area contributed by atoms with Crippen molar-refractivity contribution in [2.45, 2.75) is 38.8 Å². The van der Waals surface area contributed by atoms with Gasteiger partial charge in [-0.2, -0.15) is 0 Å². The van der Waals surface area contributed by atoms with E-state index in [9.17, 15) is 4.39 Å². The molecule has 0 spiro atoms. The predicted octanol–water partition coefficient (Wildman–Crippen LogP) is 2.53. The van der Waals surface area contributed by atoms with E-state index in [1.165, 1.54) is 0 Å². The molecule has 1 saturated carbocycles. The standard InChI is InChI=1S/C7H13F/c1-6-3-4-7(2,8)5-6/h6H,3-5H2,1-2H3/t6-,7?/m1/s1/i6D. The van der Waals surface area contributed by atoms with Gasteiger partial charge in [-0.05, 0) is 32.1 Å². The molecule has 1 rings (SSSR count). The molecule has 0 nitrogen and oxygen atoms in total. The molecule has 1 aliphatic carbocycles. The van der Waals surface area contributed by atoms with E-state index in [-0.39, 0.29) is 0 Å². The Morgan fingerprint density at radius 2 is 2.50 bits per heavy atom. The van der Waals surface area contributed by atoms with Crippen molar-refractivity contribution >= 4 is 0 Å². The van der Waals surface area contributed by atoms with Gasteiger partial charge in [-0.15, -0.1) is 0 Å². The number of halogens is 1. The van der Waals surface area contributed by atoms with Crippen LogP contribution in [-0.4, -0.2) is 5.67 Å². The van der Waals surface area contributed by atoms with E-state index in [1.807, 2.05) is 0 Å². The lowest BCUT2D eigenvalue weighted by Gasteiger charge is -2.09. The third kappa shape index (κ3) is 1.21. The normalized spacial score (nSPS) is 58.6. The van der Waals surface area contributed by atoms with Gasteiger partial charge in [0.25, 0.3) is 0 Å². The van der Waals surface area contributed by atoms with Crippen molar-refractivity contribution in [3.05, 3.63) is 0 Å². The molecular formula is C7H13F. The molecule has 1 fully saturated rings. The number of hydrogen-bond donors (Lipinski definition) is 0. The molecule has 48 valence electrons. The minimum atomic E-state index is -1.06. The van der Waals surface area contributed by atoms with E-state index in [0.717, 1.165) is 0 Å². The molecule has 1 heteroatoms. The van der Waals surface area contributed by atoms with Crippen LogP contribution >= 0.6 is 0 Å². The van der Waals surface area contributed by atoms with Crippen molar-refractivity contribution in [2.75, 3.05) is 0 Å². The molecule has 8 heavy (non-hydrogen) atoms. The van der Waals surface area contributed by atoms with Gasteiger partial charge in [0.2, 0.25) is 0 Å². The Bertz CT molecular complexity index is 104. The summed E-state index contributed by atoms with van der Waals surface area (Å²) in [5.41, 5.74) is -1.06. The second-order valence-electron chi connectivity index (χ2n) is 3.05. The summed E-state index contributed by atoms with van der Waals surface area (Å²) in [5.74, 6) is -0.497. The molecule has 0 aliphatic heterocycles. The highest BCUT2D eigenvalue weighted by Gasteiger charge is 2.32. The first-order chi connectivity index (χ1) is 3.91. The zero-order valence-electron chi connectivity index (χ0n) is 6.50. The smallest absolute Gasteiger partial charge is 0.108 e. The van der Waals surface area contributed by atoms with Crippen LogP contribution < -0.4 is 0 Å². The Morgan fingerprint density at radius 3 is 2.62 bits per heavy atom. The number of hydrogen-bond acceptors (Lipinski definition) is 0. The van der Waals surface area contributed by atoms with Crippen LogP contribution in [0.15, 0.2) is 0 Å². The molecule has 0 N–H and O–H groups in total. The van der Waals surface area contributed by atoms with E-state index >= 15 is 0 Å². The monoisotopic (exact) mass is 117 g/mol. The van der Waals surface area contributed by atoms with Crippen molar-refractivity contribution < 1.29 is 5.76 Å². The zero-order valence-corrected chi connectivity index (χ0v) is 5.50. The van der Waals surface area contributed by atoms with Gasteiger partial charge in [-0.25, -0.2) is 4.39 Å². The Morgan fingerprint density at radius 1 is 1.88 bits per heavy atom. The molecule has 1 aliphatic rings. The second-order valence-corrected chi connectivity index (χ2v) is 3.05. The van der Waals surface area contributed by atoms with Gasteiger partial charge < -0.3 is 0 Å². The molecule has 0 radical (unpaired) electrons. The van der Waals surface area contributed by atoms with Crippen LogP contribution in [0.2, 0.25) is 0 Å². The average molecular weight is 117 g/mol. The number of alkyl halides is 1. The van der Waals surface area contributed by atoms with Crippen LogP contribution in [-0.2, 0) is 0 Å². The Kier molecular flexibility index (Phi) is 1.02. The van der Waals surface area contributed by atoms with E-state index in [0.29, 0.717) is 19.3 Å². The highest BCUT2D eigenvalue weighted by atomic mass is 19.1. The lowest BCUT2D eigenvalue weighted by Crippen LogP contribution is -2.10. The topological polar surface area (TPSA) is 0 Å². The van der Waals surface area contributed by atoms with Gasteiger partial charge in [-0.3, -0.25) is 0 Å². The summed E-state index contributed by atoms with van der Waals surface area (Å²) >= 11 is 0. The molecule has 2 atom stereocenters. The van der Waals surface area contributed by atoms with Gasteiger partial charge >= 0.3 is 0 Å². The van der Waals surface area contributed by atoms with Crippen molar-refractivity contribution in [1.29, 1.82) is 0 Å². The summed E-state index contributed by atoms with van der Waals surface area (Å²) < 4.78 is 20.5. The second kappa shape index (κ2) is 1.71. The summed E-state index contributed by atoms with van der Waals surface area (Å²) in [5, 5.41) is 0. The van der Waals surface area contributed by atoms with E-state index in [2.05, 4.69) is 0 Å². The maximum atomic E-state index is 13.0. The van der Waals surface area contributed by atoms with Gasteiger partial charge in [0.05, 0.1) is 0 Å². The molecule has 0 heterocycles. The Hall–Kier alpha value is -0.0700. The van der Waals surface area contributed by atoms with E-state index in [4.69, 9.17) is 1.37 Å². The molecule has 0 saturated heterocycles. The fraction of sp³-hybridized carbons (Fsp3) is 1.00. The van der Waals surface area contributed by atoms with Gasteiger partial charge in [-0.1, -0.05) is 6.92 Å². The van der Waals surface area contributed by atoms with Crippen molar-refractivity contribution in [1.82, 2.24) is 0 Å². The molecule has 1 unspecified atom stereocenters. The molecular weight excluding hydrogens is 103 g/mol. The highest BCUT2D eigenvalue weighted by molar-refractivity contribution is 4.83. The van der Waals surface area contributed by atoms with Crippen LogP contribution in [0.3, 0.4) is 0 Å². The number of rotatable bonds is 0. The molecule has 0 aromatic rings. The maximum absolute atomic E-state index is 13.0. The first-order valence-electron chi connectivity index (χ1n) is 3.60. The third-order valence-corrected chi connectivity index (χ3v) is 1.74. The van der Waals surface area contributed by atoms with Crippen molar-refractivity contribution in [3.8, 4) is 0 Å². The maximum Gasteiger partial charge on any atom is 0.108 e. The lowest BCUT2D eigenvalue weighted by molar-refractivity contribution is 0.194. The highest BCUT2D eigenvalue weighted by Crippen LogP contribution is 2.36. The van der Waals surface area contributed by atoms with E-state index < -0.39 is 11.6 Å². The minimum absolute atomic E-state index is 0.403. The minimum Gasteiger partial charge on any atom is -0.244 e. The third-order valence-electron chi connectivity index (χ3n) is 1.74.